The number of hydrogen-bond acceptors (Lipinski definition) is 3. The van der Waals surface area contributed by atoms with Gasteiger partial charge in [-0.2, -0.15) is 13.2 Å². The Balaban J connectivity index is 1.72. The van der Waals surface area contributed by atoms with Crippen LogP contribution in [0.25, 0.3) is 0 Å². The summed E-state index contributed by atoms with van der Waals surface area (Å²) in [5.41, 5.74) is 2.01. The number of halogens is 3. The molecule has 154 valence electrons. The molecule has 2 aliphatic heterocycles. The fraction of sp³-hybridized carbons (Fsp3) is 0.600. The van der Waals surface area contributed by atoms with Crippen LogP contribution in [-0.4, -0.2) is 37.2 Å². The van der Waals surface area contributed by atoms with Crippen LogP contribution in [0, 0.1) is 18.8 Å². The Kier molecular flexibility index (Phi) is 6.27. The van der Waals surface area contributed by atoms with E-state index in [1.807, 2.05) is 36.5 Å². The van der Waals surface area contributed by atoms with Crippen LogP contribution in [0.2, 0.25) is 0 Å². The summed E-state index contributed by atoms with van der Waals surface area (Å²) in [5.74, 6) is -2.34. The Morgan fingerprint density at radius 1 is 1.14 bits per heavy atom. The number of hydrogen-bond donors (Lipinski definition) is 2. The third-order valence-electron chi connectivity index (χ3n) is 5.56. The summed E-state index contributed by atoms with van der Waals surface area (Å²) in [5, 5.41) is 4.88. The van der Waals surface area contributed by atoms with Gasteiger partial charge in [-0.3, -0.25) is 9.59 Å². The van der Waals surface area contributed by atoms with Crippen LogP contribution < -0.4 is 10.6 Å². The topological polar surface area (TPSA) is 67.4 Å². The van der Waals surface area contributed by atoms with E-state index in [0.29, 0.717) is 13.2 Å². The number of aryl methyl sites for hydroxylation is 1. The molecule has 0 aromatic heterocycles. The quantitative estimate of drug-likeness (QED) is 0.767. The van der Waals surface area contributed by atoms with Gasteiger partial charge in [-0.1, -0.05) is 29.8 Å². The maximum absolute atomic E-state index is 12.8. The molecular weight excluding hydrogens is 373 g/mol. The molecule has 3 rings (SSSR count). The van der Waals surface area contributed by atoms with Crippen LogP contribution in [0.3, 0.4) is 0 Å². The highest BCUT2D eigenvalue weighted by molar-refractivity contribution is 6.01. The average Bonchev–Trinajstić information content (AvgIpc) is 2.66. The zero-order chi connectivity index (χ0) is 20.3. The highest BCUT2D eigenvalue weighted by Crippen LogP contribution is 2.32. The molecule has 3 unspecified atom stereocenters. The van der Waals surface area contributed by atoms with Crippen LogP contribution in [-0.2, 0) is 14.3 Å². The summed E-state index contributed by atoms with van der Waals surface area (Å²) in [6.07, 6.45) is -3.36. The second-order valence-electron chi connectivity index (χ2n) is 7.58. The van der Waals surface area contributed by atoms with Gasteiger partial charge in [0.2, 0.25) is 11.8 Å². The van der Waals surface area contributed by atoms with Crippen molar-refractivity contribution >= 4 is 11.8 Å². The Morgan fingerprint density at radius 2 is 1.79 bits per heavy atom. The number of alkyl halides is 3. The van der Waals surface area contributed by atoms with Crippen LogP contribution >= 0.6 is 0 Å². The highest BCUT2D eigenvalue weighted by Gasteiger charge is 2.46. The normalized spacial score (nSPS) is 25.1. The van der Waals surface area contributed by atoms with Crippen LogP contribution in [0.4, 0.5) is 13.2 Å². The number of piperidine rings is 1. The first-order chi connectivity index (χ1) is 13.3. The van der Waals surface area contributed by atoms with E-state index >= 15 is 0 Å². The minimum absolute atomic E-state index is 0.115. The van der Waals surface area contributed by atoms with Crippen molar-refractivity contribution < 1.29 is 27.5 Å². The van der Waals surface area contributed by atoms with E-state index in [1.54, 1.807) is 0 Å². The van der Waals surface area contributed by atoms with Crippen LogP contribution in [0.1, 0.15) is 42.9 Å². The number of ether oxygens (including phenoxy) is 1. The molecule has 2 aliphatic rings. The van der Waals surface area contributed by atoms with Crippen molar-refractivity contribution in [2.45, 2.75) is 50.9 Å². The van der Waals surface area contributed by atoms with E-state index in [0.717, 1.165) is 24.0 Å². The molecule has 0 bridgehead atoms. The average molecular weight is 398 g/mol. The first-order valence-corrected chi connectivity index (χ1v) is 9.57. The molecule has 28 heavy (non-hydrogen) atoms. The Bertz CT molecular complexity index is 700. The first kappa shape index (κ1) is 20.6. The molecule has 1 aromatic rings. The Labute approximate surface area is 162 Å². The van der Waals surface area contributed by atoms with E-state index in [2.05, 4.69) is 5.32 Å². The van der Waals surface area contributed by atoms with Gasteiger partial charge < -0.3 is 15.4 Å². The number of amides is 2. The van der Waals surface area contributed by atoms with Crippen molar-refractivity contribution in [3.05, 3.63) is 35.4 Å². The van der Waals surface area contributed by atoms with E-state index < -0.39 is 30.0 Å². The predicted molar refractivity (Wildman–Crippen MR) is 96.3 cm³/mol. The number of benzene rings is 1. The fourth-order valence-electron chi connectivity index (χ4n) is 3.85. The largest absolute Gasteiger partial charge is 0.408 e. The first-order valence-electron chi connectivity index (χ1n) is 9.57. The number of carbonyl (C=O) groups is 2. The molecule has 0 spiro atoms. The van der Waals surface area contributed by atoms with E-state index in [1.165, 1.54) is 0 Å². The second-order valence-corrected chi connectivity index (χ2v) is 7.58. The van der Waals surface area contributed by atoms with E-state index in [-0.39, 0.29) is 24.8 Å². The third kappa shape index (κ3) is 4.84. The van der Waals surface area contributed by atoms with Crippen molar-refractivity contribution in [3.8, 4) is 0 Å². The molecule has 0 saturated carbocycles. The van der Waals surface area contributed by atoms with Gasteiger partial charge in [0.25, 0.3) is 0 Å². The molecule has 0 aliphatic carbocycles. The minimum Gasteiger partial charge on any atom is -0.381 e. The molecular formula is C20H25F3N2O3. The monoisotopic (exact) mass is 398 g/mol. The summed E-state index contributed by atoms with van der Waals surface area (Å²) in [6, 6.07) is 5.61. The molecule has 2 N–H and O–H groups in total. The minimum atomic E-state index is -4.50. The number of carbonyl (C=O) groups excluding carboxylic acids is 2. The van der Waals surface area contributed by atoms with E-state index in [9.17, 15) is 22.8 Å². The SMILES string of the molecule is Cc1ccc(C(NC(=O)C2CCC(C(F)(F)F)NC2=O)C2CCOCC2)cc1. The van der Waals surface area contributed by atoms with Gasteiger partial charge in [0.05, 0.1) is 6.04 Å². The summed E-state index contributed by atoms with van der Waals surface area (Å²) >= 11 is 0. The number of nitrogens with one attached hydrogen (secondary N) is 2. The van der Waals surface area contributed by atoms with Gasteiger partial charge in [-0.05, 0) is 44.1 Å². The summed E-state index contributed by atoms with van der Waals surface area (Å²) in [4.78, 5) is 24.9. The molecule has 0 radical (unpaired) electrons. The molecule has 5 nitrogen and oxygen atoms in total. The summed E-state index contributed by atoms with van der Waals surface area (Å²) in [6.45, 7) is 3.16. The van der Waals surface area contributed by atoms with Gasteiger partial charge in [-0.15, -0.1) is 0 Å². The Morgan fingerprint density at radius 3 is 2.36 bits per heavy atom. The summed E-state index contributed by atoms with van der Waals surface area (Å²) in [7, 11) is 0. The maximum atomic E-state index is 12.8. The standard InChI is InChI=1S/C20H25F3N2O3/c1-12-2-4-13(5-3-12)17(14-8-10-28-11-9-14)25-19(27)15-6-7-16(20(21,22)23)24-18(15)26/h2-5,14-17H,6-11H2,1H3,(H,24,26)(H,25,27). The molecule has 8 heteroatoms. The van der Waals surface area contributed by atoms with Crippen molar-refractivity contribution in [1.82, 2.24) is 10.6 Å². The third-order valence-corrected chi connectivity index (χ3v) is 5.56. The van der Waals surface area contributed by atoms with Crippen molar-refractivity contribution in [1.29, 1.82) is 0 Å². The Hall–Kier alpha value is -2.09. The van der Waals surface area contributed by atoms with Gasteiger partial charge in [0.15, 0.2) is 0 Å². The lowest BCUT2D eigenvalue weighted by Crippen LogP contribution is -2.55. The zero-order valence-electron chi connectivity index (χ0n) is 15.7. The van der Waals surface area contributed by atoms with Gasteiger partial charge in [0, 0.05) is 13.2 Å². The summed E-state index contributed by atoms with van der Waals surface area (Å²) < 4.78 is 43.9. The maximum Gasteiger partial charge on any atom is 0.408 e. The lowest BCUT2D eigenvalue weighted by molar-refractivity contribution is -0.171. The smallest absolute Gasteiger partial charge is 0.381 e. The lowest BCUT2D eigenvalue weighted by Gasteiger charge is -2.34. The van der Waals surface area contributed by atoms with Gasteiger partial charge in [0.1, 0.15) is 12.0 Å². The van der Waals surface area contributed by atoms with E-state index in [4.69, 9.17) is 4.74 Å². The van der Waals surface area contributed by atoms with Crippen LogP contribution in [0.15, 0.2) is 24.3 Å². The van der Waals surface area contributed by atoms with Gasteiger partial charge >= 0.3 is 6.18 Å². The molecule has 1 aromatic carbocycles. The molecule has 2 saturated heterocycles. The number of rotatable bonds is 4. The van der Waals surface area contributed by atoms with Crippen molar-refractivity contribution in [3.63, 3.8) is 0 Å². The second kappa shape index (κ2) is 8.51. The highest BCUT2D eigenvalue weighted by atomic mass is 19.4. The molecule has 2 amide bonds. The predicted octanol–water partition coefficient (Wildman–Crippen LogP) is 3.04. The van der Waals surface area contributed by atoms with Gasteiger partial charge in [-0.25, -0.2) is 0 Å². The van der Waals surface area contributed by atoms with Crippen molar-refractivity contribution in [2.24, 2.45) is 11.8 Å². The fourth-order valence-corrected chi connectivity index (χ4v) is 3.85. The lowest BCUT2D eigenvalue weighted by atomic mass is 9.85. The zero-order valence-corrected chi connectivity index (χ0v) is 15.7. The molecule has 2 heterocycles. The molecule has 3 atom stereocenters. The van der Waals surface area contributed by atoms with Crippen molar-refractivity contribution in [2.75, 3.05) is 13.2 Å². The molecule has 2 fully saturated rings. The van der Waals surface area contributed by atoms with Crippen LogP contribution in [0.5, 0.6) is 0 Å².